The van der Waals surface area contributed by atoms with Gasteiger partial charge >= 0.3 is 0 Å². The van der Waals surface area contributed by atoms with Gasteiger partial charge in [0, 0.05) is 39.7 Å². The highest BCUT2D eigenvalue weighted by Gasteiger charge is 2.20. The van der Waals surface area contributed by atoms with Crippen molar-refractivity contribution in [1.82, 2.24) is 10.2 Å². The standard InChI is InChI=1S/C15H30N2O3/c1-13(2)5-4-8-19-9-6-17-7-10-20-15(12-17)11-16-14(3)18/h13,15H,4-12H2,1-3H3,(H,16,18). The highest BCUT2D eigenvalue weighted by molar-refractivity contribution is 5.72. The summed E-state index contributed by atoms with van der Waals surface area (Å²) in [6.07, 6.45) is 2.48. The van der Waals surface area contributed by atoms with Crippen molar-refractivity contribution in [2.24, 2.45) is 5.92 Å². The Bertz CT molecular complexity index is 272. The number of nitrogens with one attached hydrogen (secondary N) is 1. The topological polar surface area (TPSA) is 50.8 Å². The van der Waals surface area contributed by atoms with Gasteiger partial charge < -0.3 is 14.8 Å². The molecule has 0 spiro atoms. The van der Waals surface area contributed by atoms with Crippen LogP contribution in [0.5, 0.6) is 0 Å². The molecule has 1 atom stereocenters. The highest BCUT2D eigenvalue weighted by atomic mass is 16.5. The third-order valence-corrected chi connectivity index (χ3v) is 3.42. The fraction of sp³-hybridized carbons (Fsp3) is 0.933. The second-order valence-corrected chi connectivity index (χ2v) is 5.88. The average molecular weight is 286 g/mol. The molecule has 1 fully saturated rings. The monoisotopic (exact) mass is 286 g/mol. The molecular formula is C15H30N2O3. The first kappa shape index (κ1) is 17.4. The highest BCUT2D eigenvalue weighted by Crippen LogP contribution is 2.05. The largest absolute Gasteiger partial charge is 0.380 e. The van der Waals surface area contributed by atoms with Gasteiger partial charge in [0.05, 0.1) is 19.3 Å². The molecule has 1 heterocycles. The molecule has 1 unspecified atom stereocenters. The third kappa shape index (κ3) is 8.51. The van der Waals surface area contributed by atoms with Gasteiger partial charge in [-0.25, -0.2) is 0 Å². The lowest BCUT2D eigenvalue weighted by atomic mass is 10.1. The number of morpholine rings is 1. The van der Waals surface area contributed by atoms with E-state index in [9.17, 15) is 4.79 Å². The molecule has 1 rings (SSSR count). The zero-order chi connectivity index (χ0) is 14.8. The van der Waals surface area contributed by atoms with E-state index in [0.717, 1.165) is 51.8 Å². The van der Waals surface area contributed by atoms with E-state index in [2.05, 4.69) is 24.1 Å². The van der Waals surface area contributed by atoms with E-state index in [0.29, 0.717) is 6.54 Å². The summed E-state index contributed by atoms with van der Waals surface area (Å²) in [7, 11) is 0. The summed E-state index contributed by atoms with van der Waals surface area (Å²) in [5.41, 5.74) is 0. The van der Waals surface area contributed by atoms with Crippen LogP contribution in [-0.2, 0) is 14.3 Å². The molecule has 20 heavy (non-hydrogen) atoms. The normalized spacial score (nSPS) is 20.3. The Morgan fingerprint density at radius 1 is 1.45 bits per heavy atom. The summed E-state index contributed by atoms with van der Waals surface area (Å²) in [5.74, 6) is 0.756. The van der Waals surface area contributed by atoms with Crippen molar-refractivity contribution in [3.05, 3.63) is 0 Å². The van der Waals surface area contributed by atoms with Gasteiger partial charge in [-0.1, -0.05) is 13.8 Å². The SMILES string of the molecule is CC(=O)NCC1CN(CCOCCCC(C)C)CCO1. The molecule has 0 saturated carbocycles. The van der Waals surface area contributed by atoms with Crippen LogP contribution in [0, 0.1) is 5.92 Å². The summed E-state index contributed by atoms with van der Waals surface area (Å²) >= 11 is 0. The molecule has 1 amide bonds. The number of ether oxygens (including phenoxy) is 2. The molecule has 5 heteroatoms. The average Bonchev–Trinajstić information content (AvgIpc) is 2.40. The molecule has 1 N–H and O–H groups in total. The van der Waals surface area contributed by atoms with Crippen LogP contribution < -0.4 is 5.32 Å². The minimum Gasteiger partial charge on any atom is -0.380 e. The molecule has 0 aliphatic carbocycles. The van der Waals surface area contributed by atoms with Crippen LogP contribution in [0.2, 0.25) is 0 Å². The maximum absolute atomic E-state index is 10.9. The smallest absolute Gasteiger partial charge is 0.216 e. The van der Waals surface area contributed by atoms with Crippen molar-refractivity contribution in [2.45, 2.75) is 39.7 Å². The lowest BCUT2D eigenvalue weighted by molar-refractivity contribution is -0.120. The third-order valence-electron chi connectivity index (χ3n) is 3.42. The quantitative estimate of drug-likeness (QED) is 0.649. The summed E-state index contributed by atoms with van der Waals surface area (Å²) in [6, 6.07) is 0. The molecule has 1 aliphatic rings. The number of carbonyl (C=O) groups is 1. The van der Waals surface area contributed by atoms with Crippen LogP contribution in [0.25, 0.3) is 0 Å². The minimum absolute atomic E-state index is 0.000732. The fourth-order valence-corrected chi connectivity index (χ4v) is 2.25. The van der Waals surface area contributed by atoms with Crippen molar-refractivity contribution >= 4 is 5.91 Å². The summed E-state index contributed by atoms with van der Waals surface area (Å²) in [4.78, 5) is 13.2. The first-order chi connectivity index (χ1) is 9.58. The molecule has 1 saturated heterocycles. The Morgan fingerprint density at radius 3 is 2.95 bits per heavy atom. The van der Waals surface area contributed by atoms with Crippen LogP contribution in [0.3, 0.4) is 0 Å². The Hall–Kier alpha value is -0.650. The van der Waals surface area contributed by atoms with Crippen molar-refractivity contribution in [1.29, 1.82) is 0 Å². The van der Waals surface area contributed by atoms with E-state index >= 15 is 0 Å². The number of rotatable bonds is 9. The molecule has 1 aliphatic heterocycles. The van der Waals surface area contributed by atoms with Crippen molar-refractivity contribution in [2.75, 3.05) is 46.0 Å². The fourth-order valence-electron chi connectivity index (χ4n) is 2.25. The zero-order valence-corrected chi connectivity index (χ0v) is 13.2. The molecule has 5 nitrogen and oxygen atoms in total. The number of carbonyl (C=O) groups excluding carboxylic acids is 1. The Kier molecular flexibility index (Phi) is 8.82. The van der Waals surface area contributed by atoms with Crippen LogP contribution in [-0.4, -0.2) is 62.9 Å². The first-order valence-electron chi connectivity index (χ1n) is 7.74. The summed E-state index contributed by atoms with van der Waals surface area (Å²) < 4.78 is 11.3. The molecule has 0 aromatic rings. The van der Waals surface area contributed by atoms with Crippen LogP contribution >= 0.6 is 0 Å². The molecular weight excluding hydrogens is 256 g/mol. The molecule has 0 bridgehead atoms. The van der Waals surface area contributed by atoms with Gasteiger partial charge in [0.1, 0.15) is 0 Å². The second kappa shape index (κ2) is 10.1. The maximum Gasteiger partial charge on any atom is 0.216 e. The van der Waals surface area contributed by atoms with E-state index in [4.69, 9.17) is 9.47 Å². The lowest BCUT2D eigenvalue weighted by Gasteiger charge is -2.32. The molecule has 118 valence electrons. The number of nitrogens with zero attached hydrogens (tertiary/aromatic N) is 1. The van der Waals surface area contributed by atoms with Gasteiger partial charge in [-0.15, -0.1) is 0 Å². The van der Waals surface area contributed by atoms with Crippen LogP contribution in [0.4, 0.5) is 0 Å². The maximum atomic E-state index is 10.9. The van der Waals surface area contributed by atoms with Gasteiger partial charge in [-0.3, -0.25) is 9.69 Å². The molecule has 0 radical (unpaired) electrons. The lowest BCUT2D eigenvalue weighted by Crippen LogP contribution is -2.48. The zero-order valence-electron chi connectivity index (χ0n) is 13.2. The van der Waals surface area contributed by atoms with Crippen LogP contribution in [0.15, 0.2) is 0 Å². The van der Waals surface area contributed by atoms with Gasteiger partial charge in [0.25, 0.3) is 0 Å². The van der Waals surface area contributed by atoms with E-state index in [1.54, 1.807) is 0 Å². The Labute approximate surface area is 123 Å². The molecule has 0 aromatic carbocycles. The van der Waals surface area contributed by atoms with Crippen molar-refractivity contribution in [3.63, 3.8) is 0 Å². The van der Waals surface area contributed by atoms with Crippen LogP contribution in [0.1, 0.15) is 33.6 Å². The van der Waals surface area contributed by atoms with Gasteiger partial charge in [-0.2, -0.15) is 0 Å². The van der Waals surface area contributed by atoms with E-state index in [1.165, 1.54) is 13.3 Å². The second-order valence-electron chi connectivity index (χ2n) is 5.88. The van der Waals surface area contributed by atoms with E-state index < -0.39 is 0 Å². The Balaban J connectivity index is 2.04. The van der Waals surface area contributed by atoms with Gasteiger partial charge in [-0.05, 0) is 18.8 Å². The Morgan fingerprint density at radius 2 is 2.25 bits per heavy atom. The summed E-state index contributed by atoms with van der Waals surface area (Å²) in [5, 5.41) is 2.81. The van der Waals surface area contributed by atoms with Crippen molar-refractivity contribution in [3.8, 4) is 0 Å². The summed E-state index contributed by atoms with van der Waals surface area (Å²) in [6.45, 7) is 11.8. The predicted molar refractivity (Wildman–Crippen MR) is 79.8 cm³/mol. The first-order valence-corrected chi connectivity index (χ1v) is 7.74. The predicted octanol–water partition coefficient (Wildman–Crippen LogP) is 1.28. The van der Waals surface area contributed by atoms with Gasteiger partial charge in [0.15, 0.2) is 0 Å². The number of amides is 1. The number of hydrogen-bond acceptors (Lipinski definition) is 4. The van der Waals surface area contributed by atoms with E-state index in [-0.39, 0.29) is 12.0 Å². The minimum atomic E-state index is -0.000732. The van der Waals surface area contributed by atoms with E-state index in [1.807, 2.05) is 0 Å². The number of hydrogen-bond donors (Lipinski definition) is 1. The van der Waals surface area contributed by atoms with Crippen molar-refractivity contribution < 1.29 is 14.3 Å². The van der Waals surface area contributed by atoms with Gasteiger partial charge in [0.2, 0.25) is 5.91 Å². The molecule has 0 aromatic heterocycles.